The Kier molecular flexibility index (Phi) is 6.74. The summed E-state index contributed by atoms with van der Waals surface area (Å²) in [5, 5.41) is 15.2. The Balaban J connectivity index is 1.52. The van der Waals surface area contributed by atoms with Crippen LogP contribution in [0.25, 0.3) is 0 Å². The SMILES string of the molecule is CC(C)(C)OC(=O)N1CCC(CNc2cc(Nc3cnc(C#N)cn3)ncc2N)CC1. The lowest BCUT2D eigenvalue weighted by Crippen LogP contribution is -2.42. The number of hydrogen-bond acceptors (Lipinski definition) is 9. The highest BCUT2D eigenvalue weighted by molar-refractivity contribution is 5.70. The van der Waals surface area contributed by atoms with Gasteiger partial charge in [0, 0.05) is 25.7 Å². The topological polar surface area (TPSA) is 142 Å². The second-order valence-electron chi connectivity index (χ2n) is 8.47. The van der Waals surface area contributed by atoms with Gasteiger partial charge in [-0.3, -0.25) is 0 Å². The van der Waals surface area contributed by atoms with Crippen molar-refractivity contribution in [1.29, 1.82) is 5.26 Å². The van der Waals surface area contributed by atoms with Crippen molar-refractivity contribution in [2.24, 2.45) is 5.92 Å². The number of nitrogen functional groups attached to an aromatic ring is 1. The lowest BCUT2D eigenvalue weighted by Gasteiger charge is -2.33. The Morgan fingerprint density at radius 2 is 1.94 bits per heavy atom. The number of carbonyl (C=O) groups excluding carboxylic acids is 1. The monoisotopic (exact) mass is 424 g/mol. The van der Waals surface area contributed by atoms with Gasteiger partial charge in [-0.1, -0.05) is 0 Å². The van der Waals surface area contributed by atoms with Crippen LogP contribution < -0.4 is 16.4 Å². The van der Waals surface area contributed by atoms with Crippen molar-refractivity contribution in [3.8, 4) is 6.07 Å². The van der Waals surface area contributed by atoms with Crippen LogP contribution in [0.1, 0.15) is 39.3 Å². The Morgan fingerprint density at radius 1 is 1.23 bits per heavy atom. The van der Waals surface area contributed by atoms with Crippen molar-refractivity contribution in [2.75, 3.05) is 36.0 Å². The summed E-state index contributed by atoms with van der Waals surface area (Å²) in [5.41, 5.74) is 7.15. The number of anilines is 4. The molecule has 1 fully saturated rings. The zero-order valence-corrected chi connectivity index (χ0v) is 18.1. The Labute approximate surface area is 181 Å². The number of ether oxygens (including phenoxy) is 1. The molecule has 2 aromatic rings. The quantitative estimate of drug-likeness (QED) is 0.659. The van der Waals surface area contributed by atoms with Crippen molar-refractivity contribution >= 4 is 29.1 Å². The molecule has 164 valence electrons. The molecule has 0 aliphatic carbocycles. The van der Waals surface area contributed by atoms with Gasteiger partial charge in [-0.25, -0.2) is 19.7 Å². The standard InChI is InChI=1S/C21H28N8O2/c1-21(2,3)31-20(30)29-6-4-14(5-7-29)10-25-17-8-18(27-12-16(17)23)28-19-13-24-15(9-22)11-26-19/h8,11-14H,4-7,10,23H2,1-3H3,(H2,25,26,27,28). The van der Waals surface area contributed by atoms with Crippen LogP contribution in [0.15, 0.2) is 24.7 Å². The third-order valence-electron chi connectivity index (χ3n) is 4.80. The molecule has 3 heterocycles. The maximum absolute atomic E-state index is 12.2. The van der Waals surface area contributed by atoms with Crippen LogP contribution in [0.2, 0.25) is 0 Å². The number of pyridine rings is 1. The number of hydrogen-bond donors (Lipinski definition) is 3. The van der Waals surface area contributed by atoms with Crippen LogP contribution in [0.5, 0.6) is 0 Å². The fourth-order valence-corrected chi connectivity index (χ4v) is 3.17. The highest BCUT2D eigenvalue weighted by atomic mass is 16.6. The van der Waals surface area contributed by atoms with E-state index in [1.165, 1.54) is 12.4 Å². The number of nitrogens with zero attached hydrogens (tertiary/aromatic N) is 5. The zero-order valence-electron chi connectivity index (χ0n) is 18.1. The summed E-state index contributed by atoms with van der Waals surface area (Å²) < 4.78 is 5.45. The van der Waals surface area contributed by atoms with E-state index in [0.29, 0.717) is 36.3 Å². The minimum absolute atomic E-state index is 0.246. The average molecular weight is 425 g/mol. The Bertz CT molecular complexity index is 941. The maximum Gasteiger partial charge on any atom is 0.410 e. The fraction of sp³-hybridized carbons (Fsp3) is 0.476. The van der Waals surface area contributed by atoms with E-state index in [9.17, 15) is 4.79 Å². The number of aromatic nitrogens is 3. The van der Waals surface area contributed by atoms with Gasteiger partial charge in [0.25, 0.3) is 0 Å². The van der Waals surface area contributed by atoms with Gasteiger partial charge in [0.05, 0.1) is 30.0 Å². The molecule has 4 N–H and O–H groups in total. The van der Waals surface area contributed by atoms with Crippen molar-refractivity contribution < 1.29 is 9.53 Å². The van der Waals surface area contributed by atoms with Crippen LogP contribution in [-0.2, 0) is 4.74 Å². The number of nitrogens with two attached hydrogens (primary N) is 1. The molecule has 1 aliphatic rings. The minimum Gasteiger partial charge on any atom is -0.444 e. The summed E-state index contributed by atoms with van der Waals surface area (Å²) >= 11 is 0. The van der Waals surface area contributed by atoms with Gasteiger partial charge in [0.1, 0.15) is 23.3 Å². The second-order valence-corrected chi connectivity index (χ2v) is 8.47. The molecule has 1 aliphatic heterocycles. The van der Waals surface area contributed by atoms with Crippen molar-refractivity contribution in [1.82, 2.24) is 19.9 Å². The van der Waals surface area contributed by atoms with Crippen LogP contribution in [-0.4, -0.2) is 51.2 Å². The summed E-state index contributed by atoms with van der Waals surface area (Å²) in [4.78, 5) is 26.3. The molecular formula is C21H28N8O2. The molecule has 0 spiro atoms. The first-order valence-corrected chi connectivity index (χ1v) is 10.2. The first kappa shape index (κ1) is 22.1. The zero-order chi connectivity index (χ0) is 22.4. The lowest BCUT2D eigenvalue weighted by atomic mass is 9.97. The largest absolute Gasteiger partial charge is 0.444 e. The molecule has 3 rings (SSSR count). The molecule has 10 heteroatoms. The molecule has 1 amide bonds. The van der Waals surface area contributed by atoms with Gasteiger partial charge < -0.3 is 26.0 Å². The number of amides is 1. The third-order valence-corrected chi connectivity index (χ3v) is 4.80. The van der Waals surface area contributed by atoms with E-state index in [0.717, 1.165) is 25.1 Å². The van der Waals surface area contributed by atoms with Gasteiger partial charge in [-0.2, -0.15) is 5.26 Å². The van der Waals surface area contributed by atoms with Crippen LogP contribution in [0.3, 0.4) is 0 Å². The molecule has 0 atom stereocenters. The molecular weight excluding hydrogens is 396 g/mol. The smallest absolute Gasteiger partial charge is 0.410 e. The van der Waals surface area contributed by atoms with Gasteiger partial charge in [-0.15, -0.1) is 0 Å². The summed E-state index contributed by atoms with van der Waals surface area (Å²) in [7, 11) is 0. The van der Waals surface area contributed by atoms with Crippen molar-refractivity contribution in [3.63, 3.8) is 0 Å². The number of nitrogens with one attached hydrogen (secondary N) is 2. The fourth-order valence-electron chi connectivity index (χ4n) is 3.17. The van der Waals surface area contributed by atoms with Gasteiger partial charge in [-0.05, 0) is 39.5 Å². The molecule has 10 nitrogen and oxygen atoms in total. The molecule has 0 unspecified atom stereocenters. The first-order valence-electron chi connectivity index (χ1n) is 10.2. The second kappa shape index (κ2) is 9.47. The van der Waals surface area contributed by atoms with Crippen LogP contribution in [0.4, 0.5) is 27.8 Å². The summed E-state index contributed by atoms with van der Waals surface area (Å²) in [5.74, 6) is 1.47. The number of likely N-dealkylation sites (tertiary alicyclic amines) is 1. The molecule has 0 aromatic carbocycles. The maximum atomic E-state index is 12.2. The van der Waals surface area contributed by atoms with Crippen LogP contribution in [0, 0.1) is 17.2 Å². The summed E-state index contributed by atoms with van der Waals surface area (Å²) in [6, 6.07) is 3.74. The number of nitriles is 1. The van der Waals surface area contributed by atoms with Crippen molar-refractivity contribution in [3.05, 3.63) is 30.4 Å². The molecule has 2 aromatic heterocycles. The average Bonchev–Trinajstić information content (AvgIpc) is 2.74. The minimum atomic E-state index is -0.483. The predicted octanol–water partition coefficient (Wildman–Crippen LogP) is 3.13. The molecule has 0 bridgehead atoms. The summed E-state index contributed by atoms with van der Waals surface area (Å²) in [6.45, 7) is 7.72. The highest BCUT2D eigenvalue weighted by Gasteiger charge is 2.26. The molecule has 1 saturated heterocycles. The van der Waals surface area contributed by atoms with E-state index in [1.807, 2.05) is 32.9 Å². The Hall–Kier alpha value is -3.61. The van der Waals surface area contributed by atoms with Crippen molar-refractivity contribution in [2.45, 2.75) is 39.2 Å². The van der Waals surface area contributed by atoms with E-state index in [-0.39, 0.29) is 11.8 Å². The molecule has 0 saturated carbocycles. The van der Waals surface area contributed by atoms with E-state index in [4.69, 9.17) is 15.7 Å². The summed E-state index contributed by atoms with van der Waals surface area (Å²) in [6.07, 6.45) is 5.97. The molecule has 0 radical (unpaired) electrons. The van der Waals surface area contributed by atoms with E-state index < -0.39 is 5.60 Å². The normalized spacial score (nSPS) is 14.6. The Morgan fingerprint density at radius 3 is 2.55 bits per heavy atom. The molecule has 31 heavy (non-hydrogen) atoms. The lowest BCUT2D eigenvalue weighted by molar-refractivity contribution is 0.0188. The third kappa shape index (κ3) is 6.44. The van der Waals surface area contributed by atoms with Gasteiger partial charge in [0.2, 0.25) is 0 Å². The number of carbonyl (C=O) groups is 1. The predicted molar refractivity (Wildman–Crippen MR) is 118 cm³/mol. The number of rotatable bonds is 5. The van der Waals surface area contributed by atoms with Gasteiger partial charge >= 0.3 is 6.09 Å². The number of piperidine rings is 1. The van der Waals surface area contributed by atoms with E-state index >= 15 is 0 Å². The van der Waals surface area contributed by atoms with E-state index in [2.05, 4.69) is 25.6 Å². The highest BCUT2D eigenvalue weighted by Crippen LogP contribution is 2.25. The van der Waals surface area contributed by atoms with Gasteiger partial charge in [0.15, 0.2) is 5.69 Å². The van der Waals surface area contributed by atoms with E-state index in [1.54, 1.807) is 11.1 Å². The first-order chi connectivity index (χ1) is 14.7. The van der Waals surface area contributed by atoms with Crippen LogP contribution >= 0.6 is 0 Å².